The molecule has 5 rings (SSSR count). The van der Waals surface area contributed by atoms with Crippen molar-refractivity contribution >= 4 is 39.4 Å². The van der Waals surface area contributed by atoms with E-state index in [0.717, 1.165) is 11.1 Å². The van der Waals surface area contributed by atoms with E-state index in [1.54, 1.807) is 23.2 Å². The molecule has 1 N–H and O–H groups in total. The van der Waals surface area contributed by atoms with Crippen molar-refractivity contribution in [3.63, 3.8) is 0 Å². The number of hydrogen-bond donors (Lipinski definition) is 1. The maximum Gasteiger partial charge on any atom is 0.416 e. The van der Waals surface area contributed by atoms with Crippen molar-refractivity contribution < 1.29 is 35.9 Å². The SMILES string of the molecule is CN1CCN(N2C(=O)S/C(=C(/Cc3ccc(C(F)(F)F)cc3C(F)(F)F)c3ccc4[nH]ncc4c3)C2=O)CC1. The molecule has 0 radical (unpaired) electrons. The fourth-order valence-corrected chi connectivity index (χ4v) is 5.54. The van der Waals surface area contributed by atoms with Gasteiger partial charge in [-0.25, -0.2) is 5.01 Å². The van der Waals surface area contributed by atoms with Crippen LogP contribution in [-0.2, 0) is 23.6 Å². The first-order valence-electron chi connectivity index (χ1n) is 11.8. The highest BCUT2D eigenvalue weighted by Gasteiger charge is 2.43. The highest BCUT2D eigenvalue weighted by atomic mass is 32.2. The van der Waals surface area contributed by atoms with Crippen molar-refractivity contribution in [1.29, 1.82) is 0 Å². The lowest BCUT2D eigenvalue weighted by Crippen LogP contribution is -2.54. The lowest BCUT2D eigenvalue weighted by Gasteiger charge is -2.36. The molecule has 39 heavy (non-hydrogen) atoms. The predicted molar refractivity (Wildman–Crippen MR) is 132 cm³/mol. The van der Waals surface area contributed by atoms with Crippen LogP contribution in [0.15, 0.2) is 47.5 Å². The van der Waals surface area contributed by atoms with Crippen LogP contribution in [0.25, 0.3) is 16.5 Å². The molecule has 3 heterocycles. The van der Waals surface area contributed by atoms with Crippen LogP contribution in [0.3, 0.4) is 0 Å². The highest BCUT2D eigenvalue weighted by Crippen LogP contribution is 2.43. The molecule has 0 saturated carbocycles. The molecule has 2 saturated heterocycles. The summed E-state index contributed by atoms with van der Waals surface area (Å²) in [5.41, 5.74) is -2.27. The van der Waals surface area contributed by atoms with Gasteiger partial charge < -0.3 is 4.90 Å². The topological polar surface area (TPSA) is 72.5 Å². The number of allylic oxidation sites excluding steroid dienone is 1. The number of benzene rings is 2. The third kappa shape index (κ3) is 5.40. The number of carbonyl (C=O) groups is 2. The fraction of sp³-hybridized carbons (Fsp3) is 0.320. The lowest BCUT2D eigenvalue weighted by atomic mass is 9.92. The number of imide groups is 1. The molecule has 0 atom stereocenters. The molecule has 206 valence electrons. The van der Waals surface area contributed by atoms with Crippen LogP contribution in [0.2, 0.25) is 0 Å². The average Bonchev–Trinajstić information content (AvgIpc) is 3.45. The number of nitrogens with zero attached hydrogens (tertiary/aromatic N) is 4. The number of thioether (sulfide) groups is 1. The molecule has 3 aromatic rings. The number of likely N-dealkylation sites (N-methyl/N-ethyl adjacent to an activating group) is 1. The number of nitrogens with one attached hydrogen (secondary N) is 1. The van der Waals surface area contributed by atoms with E-state index in [9.17, 15) is 35.9 Å². The van der Waals surface area contributed by atoms with E-state index in [1.807, 2.05) is 11.9 Å². The summed E-state index contributed by atoms with van der Waals surface area (Å²) in [4.78, 5) is 28.5. The van der Waals surface area contributed by atoms with Gasteiger partial charge in [0.2, 0.25) is 0 Å². The second-order valence-electron chi connectivity index (χ2n) is 9.27. The second kappa shape index (κ2) is 9.99. The summed E-state index contributed by atoms with van der Waals surface area (Å²) >= 11 is 0.604. The molecule has 0 aliphatic carbocycles. The summed E-state index contributed by atoms with van der Waals surface area (Å²) < 4.78 is 81.5. The van der Waals surface area contributed by atoms with Crippen LogP contribution in [0.5, 0.6) is 0 Å². The zero-order valence-electron chi connectivity index (χ0n) is 20.4. The number of amides is 2. The molecule has 2 aromatic carbocycles. The van der Waals surface area contributed by atoms with Crippen molar-refractivity contribution in [3.05, 3.63) is 69.8 Å². The third-order valence-corrected chi connectivity index (χ3v) is 7.66. The van der Waals surface area contributed by atoms with Gasteiger partial charge in [-0.05, 0) is 66.2 Å². The Bertz CT molecular complexity index is 1470. The van der Waals surface area contributed by atoms with E-state index in [4.69, 9.17) is 0 Å². The fourth-order valence-electron chi connectivity index (χ4n) is 4.59. The van der Waals surface area contributed by atoms with Gasteiger partial charge in [0.05, 0.1) is 27.7 Å². The van der Waals surface area contributed by atoms with Crippen LogP contribution in [0, 0.1) is 0 Å². The molecule has 7 nitrogen and oxygen atoms in total. The van der Waals surface area contributed by atoms with Gasteiger partial charge in [-0.15, -0.1) is 0 Å². The van der Waals surface area contributed by atoms with E-state index in [1.165, 1.54) is 6.20 Å². The molecule has 0 bridgehead atoms. The Morgan fingerprint density at radius 1 is 0.974 bits per heavy atom. The summed E-state index contributed by atoms with van der Waals surface area (Å²) in [6, 6.07) is 6.22. The van der Waals surface area contributed by atoms with Crippen molar-refractivity contribution in [1.82, 2.24) is 25.1 Å². The number of H-pyrrole nitrogens is 1. The maximum absolute atomic E-state index is 13.9. The molecule has 2 aliphatic heterocycles. The Balaban J connectivity index is 1.62. The molecule has 2 aliphatic rings. The number of hydrogen-bond acceptors (Lipinski definition) is 6. The van der Waals surface area contributed by atoms with Crippen molar-refractivity contribution in [2.24, 2.45) is 0 Å². The molecular weight excluding hydrogens is 548 g/mol. The Kier molecular flexibility index (Phi) is 6.97. The molecule has 14 heteroatoms. The van der Waals surface area contributed by atoms with Crippen LogP contribution < -0.4 is 0 Å². The molecule has 2 fully saturated rings. The van der Waals surface area contributed by atoms with Gasteiger partial charge in [0.25, 0.3) is 5.91 Å². The molecule has 0 spiro atoms. The van der Waals surface area contributed by atoms with Crippen LogP contribution in [0.1, 0.15) is 22.3 Å². The minimum Gasteiger partial charge on any atom is -0.304 e. The minimum absolute atomic E-state index is 0.0716. The molecule has 1 aromatic heterocycles. The van der Waals surface area contributed by atoms with Crippen LogP contribution in [-0.4, -0.2) is 69.5 Å². The first-order valence-corrected chi connectivity index (χ1v) is 12.6. The van der Waals surface area contributed by atoms with Gasteiger partial charge in [-0.3, -0.25) is 14.7 Å². The molecule has 2 amide bonds. The normalized spacial score (nSPS) is 19.4. The van der Waals surface area contributed by atoms with Gasteiger partial charge in [-0.2, -0.15) is 36.5 Å². The number of aromatic amines is 1. The number of alkyl halides is 6. The number of hydrazine groups is 1. The Hall–Kier alpha value is -3.36. The van der Waals surface area contributed by atoms with Gasteiger partial charge >= 0.3 is 17.6 Å². The Morgan fingerprint density at radius 2 is 1.69 bits per heavy atom. The summed E-state index contributed by atoms with van der Waals surface area (Å²) in [5.74, 6) is -0.683. The van der Waals surface area contributed by atoms with E-state index in [-0.39, 0.29) is 16.5 Å². The molecule has 0 unspecified atom stereocenters. The summed E-state index contributed by atoms with van der Waals surface area (Å²) in [5, 5.41) is 9.29. The van der Waals surface area contributed by atoms with Crippen molar-refractivity contribution in [3.8, 4) is 0 Å². The summed E-state index contributed by atoms with van der Waals surface area (Å²) in [6.07, 6.45) is -9.10. The number of rotatable bonds is 4. The highest BCUT2D eigenvalue weighted by molar-refractivity contribution is 8.18. The third-order valence-electron chi connectivity index (χ3n) is 6.68. The summed E-state index contributed by atoms with van der Waals surface area (Å²) in [6.45, 7) is 2.00. The number of carbonyl (C=O) groups excluding carboxylic acids is 2. The second-order valence-corrected chi connectivity index (χ2v) is 10.2. The number of aromatic nitrogens is 2. The lowest BCUT2D eigenvalue weighted by molar-refractivity contribution is -0.143. The first kappa shape index (κ1) is 27.2. The Labute approximate surface area is 222 Å². The van der Waals surface area contributed by atoms with Crippen molar-refractivity contribution in [2.45, 2.75) is 18.8 Å². The maximum atomic E-state index is 13.9. The zero-order valence-corrected chi connectivity index (χ0v) is 21.2. The van der Waals surface area contributed by atoms with E-state index in [2.05, 4.69) is 10.2 Å². The van der Waals surface area contributed by atoms with E-state index >= 15 is 0 Å². The monoisotopic (exact) mass is 569 g/mol. The Morgan fingerprint density at radius 3 is 2.36 bits per heavy atom. The number of halogens is 6. The number of piperazine rings is 1. The molecular formula is C25H21F6N5O2S. The number of fused-ring (bicyclic) bond motifs is 1. The largest absolute Gasteiger partial charge is 0.416 e. The van der Waals surface area contributed by atoms with Crippen LogP contribution >= 0.6 is 11.8 Å². The van der Waals surface area contributed by atoms with Crippen molar-refractivity contribution in [2.75, 3.05) is 33.2 Å². The first-order chi connectivity index (χ1) is 18.3. The van der Waals surface area contributed by atoms with Crippen LogP contribution in [0.4, 0.5) is 31.1 Å². The van der Waals surface area contributed by atoms with Gasteiger partial charge in [0, 0.05) is 31.6 Å². The average molecular weight is 570 g/mol. The zero-order chi connectivity index (χ0) is 28.1. The van der Waals surface area contributed by atoms with Gasteiger partial charge in [-0.1, -0.05) is 12.1 Å². The van der Waals surface area contributed by atoms with Gasteiger partial charge in [0.15, 0.2) is 0 Å². The minimum atomic E-state index is -5.09. The smallest absolute Gasteiger partial charge is 0.304 e. The predicted octanol–water partition coefficient (Wildman–Crippen LogP) is 5.41. The summed E-state index contributed by atoms with van der Waals surface area (Å²) in [7, 11) is 1.90. The van der Waals surface area contributed by atoms with E-state index in [0.29, 0.717) is 60.5 Å². The van der Waals surface area contributed by atoms with Gasteiger partial charge in [0.1, 0.15) is 0 Å². The van der Waals surface area contributed by atoms with E-state index < -0.39 is 46.6 Å². The standard InChI is InChI=1S/C25H21F6N5O2S/c1-34-6-8-35(9-7-34)36-22(37)21(39-23(36)38)18(14-3-5-20-16(10-14)13-32-33-20)11-15-2-4-17(24(26,27)28)12-19(15)25(29,30)31/h2-5,10,12-13H,6-9,11H2,1H3,(H,32,33)/b21-18-. The quantitative estimate of drug-likeness (QED) is 0.335.